The number of fused-ring (bicyclic) bond motifs is 1. The first-order chi connectivity index (χ1) is 14.7. The second-order valence-electron chi connectivity index (χ2n) is 8.48. The first-order valence-electron chi connectivity index (χ1n) is 10.2. The average molecular weight is 424 g/mol. The van der Waals surface area contributed by atoms with Crippen molar-refractivity contribution < 1.29 is 19.4 Å². The molecule has 1 amide bonds. The Morgan fingerprint density at radius 3 is 2.48 bits per heavy atom. The zero-order chi connectivity index (χ0) is 22.6. The Balaban J connectivity index is 1.81. The van der Waals surface area contributed by atoms with Crippen LogP contribution in [0.1, 0.15) is 41.6 Å². The third-order valence-corrected chi connectivity index (χ3v) is 4.79. The van der Waals surface area contributed by atoms with Crippen molar-refractivity contribution in [3.63, 3.8) is 0 Å². The number of carbonyl (C=O) groups excluding carboxylic acids is 2. The number of para-hydroxylation sites is 2. The number of rotatable bonds is 7. The standard InChI is InChI=1S/C24H29N3O4/c1-24(2,3)26-22(29)21-13-16-9-5-8-12-20(16)27(21)15-17(28)14-25-19-11-7-6-10-18(19)23(30)31-4/h5-13,17,25,28H,14-15H2,1-4H3,(H,26,29). The highest BCUT2D eigenvalue weighted by molar-refractivity contribution is 5.99. The van der Waals surface area contributed by atoms with Crippen molar-refractivity contribution in [2.75, 3.05) is 19.0 Å². The highest BCUT2D eigenvalue weighted by Gasteiger charge is 2.22. The van der Waals surface area contributed by atoms with Crippen LogP contribution in [-0.2, 0) is 11.3 Å². The summed E-state index contributed by atoms with van der Waals surface area (Å²) in [7, 11) is 1.33. The van der Waals surface area contributed by atoms with E-state index in [1.807, 2.05) is 55.7 Å². The molecular formula is C24H29N3O4. The molecule has 3 aromatic rings. The summed E-state index contributed by atoms with van der Waals surface area (Å²) in [5.74, 6) is -0.643. The topological polar surface area (TPSA) is 92.6 Å². The largest absolute Gasteiger partial charge is 0.465 e. The van der Waals surface area contributed by atoms with Crippen LogP contribution in [0.15, 0.2) is 54.6 Å². The van der Waals surface area contributed by atoms with E-state index in [1.54, 1.807) is 24.3 Å². The number of aliphatic hydroxyl groups is 1. The molecule has 3 rings (SSSR count). The van der Waals surface area contributed by atoms with E-state index in [2.05, 4.69) is 10.6 Å². The smallest absolute Gasteiger partial charge is 0.339 e. The van der Waals surface area contributed by atoms with Gasteiger partial charge in [-0.05, 0) is 45.0 Å². The van der Waals surface area contributed by atoms with Gasteiger partial charge in [-0.1, -0.05) is 30.3 Å². The lowest BCUT2D eigenvalue weighted by atomic mass is 10.1. The summed E-state index contributed by atoms with van der Waals surface area (Å²) in [4.78, 5) is 24.8. The zero-order valence-electron chi connectivity index (χ0n) is 18.3. The predicted octanol–water partition coefficient (Wildman–Crippen LogP) is 3.43. The highest BCUT2D eigenvalue weighted by Crippen LogP contribution is 2.22. The lowest BCUT2D eigenvalue weighted by molar-refractivity contribution is 0.0601. The highest BCUT2D eigenvalue weighted by atomic mass is 16.5. The summed E-state index contributed by atoms with van der Waals surface area (Å²) in [5, 5.41) is 17.8. The Hall–Kier alpha value is -3.32. The SMILES string of the molecule is COC(=O)c1ccccc1NCC(O)Cn1c(C(=O)NC(C)(C)C)cc2ccccc21. The van der Waals surface area contributed by atoms with E-state index in [1.165, 1.54) is 7.11 Å². The molecule has 2 aromatic carbocycles. The summed E-state index contributed by atoms with van der Waals surface area (Å²) < 4.78 is 6.64. The second kappa shape index (κ2) is 9.22. The van der Waals surface area contributed by atoms with Crippen LogP contribution in [0.3, 0.4) is 0 Å². The Kier molecular flexibility index (Phi) is 6.65. The van der Waals surface area contributed by atoms with Crippen LogP contribution >= 0.6 is 0 Å². The van der Waals surface area contributed by atoms with Gasteiger partial charge < -0.3 is 25.0 Å². The number of anilines is 1. The van der Waals surface area contributed by atoms with Gasteiger partial charge in [0, 0.05) is 28.7 Å². The van der Waals surface area contributed by atoms with Gasteiger partial charge in [0.25, 0.3) is 5.91 Å². The molecule has 164 valence electrons. The first kappa shape index (κ1) is 22.4. The summed E-state index contributed by atoms with van der Waals surface area (Å²) in [6.45, 7) is 6.19. The molecule has 1 aromatic heterocycles. The molecule has 0 radical (unpaired) electrons. The van der Waals surface area contributed by atoms with Gasteiger partial charge in [-0.2, -0.15) is 0 Å². The van der Waals surface area contributed by atoms with Crippen molar-refractivity contribution in [1.29, 1.82) is 0 Å². The van der Waals surface area contributed by atoms with Gasteiger partial charge in [0.05, 0.1) is 25.3 Å². The van der Waals surface area contributed by atoms with Crippen LogP contribution in [0, 0.1) is 0 Å². The third-order valence-electron chi connectivity index (χ3n) is 4.79. The molecule has 0 fully saturated rings. The van der Waals surface area contributed by atoms with Gasteiger partial charge in [-0.3, -0.25) is 4.79 Å². The fourth-order valence-electron chi connectivity index (χ4n) is 3.43. The van der Waals surface area contributed by atoms with Crippen LogP contribution in [0.25, 0.3) is 10.9 Å². The van der Waals surface area contributed by atoms with Gasteiger partial charge >= 0.3 is 5.97 Å². The van der Waals surface area contributed by atoms with Gasteiger partial charge in [0.1, 0.15) is 5.69 Å². The molecular weight excluding hydrogens is 394 g/mol. The molecule has 0 aliphatic carbocycles. The van der Waals surface area contributed by atoms with Crippen LogP contribution in [0.4, 0.5) is 5.69 Å². The van der Waals surface area contributed by atoms with Crippen LogP contribution in [-0.4, -0.2) is 46.8 Å². The second-order valence-corrected chi connectivity index (χ2v) is 8.48. The van der Waals surface area contributed by atoms with Crippen molar-refractivity contribution in [1.82, 2.24) is 9.88 Å². The summed E-state index contributed by atoms with van der Waals surface area (Å²) in [6.07, 6.45) is -0.803. The lowest BCUT2D eigenvalue weighted by Gasteiger charge is -2.22. The van der Waals surface area contributed by atoms with Crippen molar-refractivity contribution in [3.05, 3.63) is 65.9 Å². The van der Waals surface area contributed by atoms with Gasteiger partial charge in [0.15, 0.2) is 0 Å². The van der Waals surface area contributed by atoms with Crippen LogP contribution in [0.2, 0.25) is 0 Å². The Morgan fingerprint density at radius 2 is 1.77 bits per heavy atom. The summed E-state index contributed by atoms with van der Waals surface area (Å²) >= 11 is 0. The van der Waals surface area contributed by atoms with E-state index in [9.17, 15) is 14.7 Å². The maximum Gasteiger partial charge on any atom is 0.339 e. The minimum absolute atomic E-state index is 0.195. The number of ether oxygens (including phenoxy) is 1. The van der Waals surface area contributed by atoms with Crippen LogP contribution < -0.4 is 10.6 Å². The fraction of sp³-hybridized carbons (Fsp3) is 0.333. The maximum atomic E-state index is 12.9. The number of esters is 1. The minimum Gasteiger partial charge on any atom is -0.465 e. The van der Waals surface area contributed by atoms with E-state index in [4.69, 9.17) is 4.74 Å². The molecule has 1 atom stereocenters. The molecule has 31 heavy (non-hydrogen) atoms. The zero-order valence-corrected chi connectivity index (χ0v) is 18.3. The number of hydrogen-bond donors (Lipinski definition) is 3. The van der Waals surface area contributed by atoms with Crippen molar-refractivity contribution >= 4 is 28.5 Å². The number of nitrogens with zero attached hydrogens (tertiary/aromatic N) is 1. The van der Waals surface area contributed by atoms with Crippen molar-refractivity contribution in [2.45, 2.75) is 39.0 Å². The van der Waals surface area contributed by atoms with Gasteiger partial charge in [-0.15, -0.1) is 0 Å². The van der Waals surface area contributed by atoms with Crippen molar-refractivity contribution in [3.8, 4) is 0 Å². The normalized spacial score (nSPS) is 12.4. The van der Waals surface area contributed by atoms with E-state index in [0.717, 1.165) is 10.9 Å². The molecule has 7 heteroatoms. The number of carbonyl (C=O) groups is 2. The fourth-order valence-corrected chi connectivity index (χ4v) is 3.43. The van der Waals surface area contributed by atoms with Crippen molar-refractivity contribution in [2.24, 2.45) is 0 Å². The molecule has 0 aliphatic rings. The predicted molar refractivity (Wildman–Crippen MR) is 121 cm³/mol. The molecule has 1 heterocycles. The molecule has 0 saturated heterocycles. The maximum absolute atomic E-state index is 12.9. The van der Waals surface area contributed by atoms with E-state index >= 15 is 0 Å². The molecule has 0 bridgehead atoms. The molecule has 7 nitrogen and oxygen atoms in total. The monoisotopic (exact) mass is 423 g/mol. The van der Waals surface area contributed by atoms with E-state index < -0.39 is 12.1 Å². The minimum atomic E-state index is -0.803. The first-order valence-corrected chi connectivity index (χ1v) is 10.2. The van der Waals surface area contributed by atoms with Gasteiger partial charge in [0.2, 0.25) is 0 Å². The molecule has 0 saturated carbocycles. The third kappa shape index (κ3) is 5.44. The van der Waals surface area contributed by atoms with E-state index in [0.29, 0.717) is 16.9 Å². The molecule has 3 N–H and O–H groups in total. The number of nitrogens with one attached hydrogen (secondary N) is 2. The quantitative estimate of drug-likeness (QED) is 0.507. The molecule has 0 aliphatic heterocycles. The number of benzene rings is 2. The number of amides is 1. The van der Waals surface area contributed by atoms with Gasteiger partial charge in [-0.25, -0.2) is 4.79 Å². The Labute approximate surface area is 182 Å². The van der Waals surface area contributed by atoms with E-state index in [-0.39, 0.29) is 24.5 Å². The molecule has 0 spiro atoms. The number of aromatic nitrogens is 1. The molecule has 1 unspecified atom stereocenters. The number of methoxy groups -OCH3 is 1. The summed E-state index contributed by atoms with van der Waals surface area (Å²) in [5.41, 5.74) is 1.96. The Morgan fingerprint density at radius 1 is 1.10 bits per heavy atom. The average Bonchev–Trinajstić information content (AvgIpc) is 3.09. The Bertz CT molecular complexity index is 1080. The number of hydrogen-bond acceptors (Lipinski definition) is 5. The number of aliphatic hydroxyl groups excluding tert-OH is 1. The summed E-state index contributed by atoms with van der Waals surface area (Å²) in [6, 6.07) is 16.5. The van der Waals surface area contributed by atoms with Crippen LogP contribution in [0.5, 0.6) is 0 Å². The lowest BCUT2D eigenvalue weighted by Crippen LogP contribution is -2.41.